The van der Waals surface area contributed by atoms with Crippen LogP contribution in [-0.2, 0) is 4.74 Å². The maximum Gasteiger partial charge on any atom is 0.143 e. The van der Waals surface area contributed by atoms with Crippen LogP contribution >= 0.6 is 0 Å². The second-order valence-corrected chi connectivity index (χ2v) is 4.33. The van der Waals surface area contributed by atoms with Gasteiger partial charge in [-0.05, 0) is 18.4 Å². The van der Waals surface area contributed by atoms with Crippen LogP contribution in [0.2, 0.25) is 0 Å². The van der Waals surface area contributed by atoms with Crippen LogP contribution in [-0.4, -0.2) is 18.3 Å². The van der Waals surface area contributed by atoms with Crippen LogP contribution in [0.5, 0.6) is 0 Å². The topological polar surface area (TPSA) is 29.5 Å². The molecule has 18 heavy (non-hydrogen) atoms. The highest BCUT2D eigenvalue weighted by molar-refractivity contribution is 5.25. The molecule has 2 unspecified atom stereocenters. The molecule has 98 valence electrons. The molecule has 1 aromatic rings. The summed E-state index contributed by atoms with van der Waals surface area (Å²) in [6.07, 6.45) is 3.27. The van der Waals surface area contributed by atoms with Crippen molar-refractivity contribution in [3.05, 3.63) is 35.9 Å². The van der Waals surface area contributed by atoms with Gasteiger partial charge in [-0.15, -0.1) is 0 Å². The largest absolute Gasteiger partial charge is 0.380 e. The lowest BCUT2D eigenvalue weighted by Crippen LogP contribution is -2.04. The predicted octanol–water partition coefficient (Wildman–Crippen LogP) is 3.32. The highest BCUT2D eigenvalue weighted by atomic mass is 16.5. The molecule has 0 aliphatic rings. The van der Waals surface area contributed by atoms with E-state index >= 15 is 0 Å². The quantitative estimate of drug-likeness (QED) is 0.616. The zero-order chi connectivity index (χ0) is 13.2. The van der Waals surface area contributed by atoms with Gasteiger partial charge in [-0.2, -0.15) is 0 Å². The molecular weight excluding hydrogens is 224 g/mol. The van der Waals surface area contributed by atoms with Crippen molar-refractivity contribution in [3.8, 4) is 11.8 Å². The average molecular weight is 246 g/mol. The lowest BCUT2D eigenvalue weighted by molar-refractivity contribution is 0.149. The fraction of sp³-hybridized carbons (Fsp3) is 0.500. The van der Waals surface area contributed by atoms with Crippen molar-refractivity contribution in [1.82, 2.24) is 0 Å². The number of hydrogen-bond acceptors (Lipinski definition) is 2. The van der Waals surface area contributed by atoms with Gasteiger partial charge in [0.05, 0.1) is 0 Å². The Labute approximate surface area is 110 Å². The van der Waals surface area contributed by atoms with E-state index in [1.165, 1.54) is 0 Å². The molecule has 0 saturated carbocycles. The number of rotatable bonds is 6. The molecule has 1 aromatic carbocycles. The lowest BCUT2D eigenvalue weighted by atomic mass is 10.1. The molecule has 0 radical (unpaired) electrons. The summed E-state index contributed by atoms with van der Waals surface area (Å²) in [5.74, 6) is 5.86. The first-order valence-corrected chi connectivity index (χ1v) is 6.54. The Morgan fingerprint density at radius 3 is 2.50 bits per heavy atom. The molecule has 2 atom stereocenters. The van der Waals surface area contributed by atoms with E-state index in [1.54, 1.807) is 7.11 Å². The molecule has 1 rings (SSSR count). The Kier molecular flexibility index (Phi) is 7.17. The first kappa shape index (κ1) is 14.8. The zero-order valence-corrected chi connectivity index (χ0v) is 11.2. The monoisotopic (exact) mass is 246 g/mol. The lowest BCUT2D eigenvalue weighted by Gasteiger charge is -2.09. The number of benzene rings is 1. The molecule has 0 fully saturated rings. The predicted molar refractivity (Wildman–Crippen MR) is 74.1 cm³/mol. The van der Waals surface area contributed by atoms with Crippen LogP contribution in [0.25, 0.3) is 0 Å². The van der Waals surface area contributed by atoms with E-state index in [1.807, 2.05) is 30.3 Å². The molecule has 0 amide bonds. The van der Waals surface area contributed by atoms with Crippen LogP contribution < -0.4 is 0 Å². The number of hydrogen-bond donors (Lipinski definition) is 1. The third-order valence-electron chi connectivity index (χ3n) is 2.80. The normalized spacial score (nSPS) is 13.5. The number of aliphatic hydroxyl groups excluding tert-OH is 1. The molecule has 0 bridgehead atoms. The van der Waals surface area contributed by atoms with Gasteiger partial charge in [0.15, 0.2) is 0 Å². The van der Waals surface area contributed by atoms with E-state index in [0.29, 0.717) is 0 Å². The summed E-state index contributed by atoms with van der Waals surface area (Å²) in [5.41, 5.74) is 1.02. The summed E-state index contributed by atoms with van der Waals surface area (Å²) in [4.78, 5) is 0. The standard InChI is InChI=1S/C16H22O2/c1-3-4-6-11-15(17)12-13-16(18-2)14-9-7-5-8-10-14/h5,7-10,15-17H,3-4,6,11H2,1-2H3. The summed E-state index contributed by atoms with van der Waals surface area (Å²) < 4.78 is 5.33. The van der Waals surface area contributed by atoms with Gasteiger partial charge in [-0.3, -0.25) is 0 Å². The van der Waals surface area contributed by atoms with Gasteiger partial charge < -0.3 is 9.84 Å². The van der Waals surface area contributed by atoms with E-state index in [2.05, 4.69) is 18.8 Å². The number of methoxy groups -OCH3 is 1. The van der Waals surface area contributed by atoms with Crippen LogP contribution in [0.3, 0.4) is 0 Å². The SMILES string of the molecule is CCCCCC(O)C#CC(OC)c1ccccc1. The number of ether oxygens (including phenoxy) is 1. The molecule has 0 aliphatic heterocycles. The van der Waals surface area contributed by atoms with E-state index in [9.17, 15) is 5.11 Å². The third-order valence-corrected chi connectivity index (χ3v) is 2.80. The van der Waals surface area contributed by atoms with Crippen LogP contribution in [0.4, 0.5) is 0 Å². The van der Waals surface area contributed by atoms with Crippen LogP contribution in [0.1, 0.15) is 44.3 Å². The Hall–Kier alpha value is -1.30. The fourth-order valence-electron chi connectivity index (χ4n) is 1.74. The van der Waals surface area contributed by atoms with Gasteiger partial charge in [0.1, 0.15) is 12.2 Å². The van der Waals surface area contributed by atoms with Gasteiger partial charge in [0, 0.05) is 7.11 Å². The molecule has 2 heteroatoms. The van der Waals surface area contributed by atoms with E-state index < -0.39 is 6.10 Å². The smallest absolute Gasteiger partial charge is 0.143 e. The second kappa shape index (κ2) is 8.74. The van der Waals surface area contributed by atoms with Gasteiger partial charge >= 0.3 is 0 Å². The number of aliphatic hydroxyl groups is 1. The molecule has 2 nitrogen and oxygen atoms in total. The van der Waals surface area contributed by atoms with Crippen molar-refractivity contribution < 1.29 is 9.84 Å². The van der Waals surface area contributed by atoms with Crippen molar-refractivity contribution >= 4 is 0 Å². The summed E-state index contributed by atoms with van der Waals surface area (Å²) >= 11 is 0. The molecule has 0 spiro atoms. The molecular formula is C16H22O2. The molecule has 1 N–H and O–H groups in total. The zero-order valence-electron chi connectivity index (χ0n) is 11.2. The third kappa shape index (κ3) is 5.35. The minimum Gasteiger partial charge on any atom is -0.380 e. The van der Waals surface area contributed by atoms with Crippen LogP contribution in [0.15, 0.2) is 30.3 Å². The molecule has 0 aromatic heterocycles. The Morgan fingerprint density at radius 2 is 1.89 bits per heavy atom. The second-order valence-electron chi connectivity index (χ2n) is 4.33. The Balaban J connectivity index is 2.53. The van der Waals surface area contributed by atoms with Crippen molar-refractivity contribution in [1.29, 1.82) is 0 Å². The molecule has 0 heterocycles. The van der Waals surface area contributed by atoms with Gasteiger partial charge in [0.25, 0.3) is 0 Å². The average Bonchev–Trinajstić information content (AvgIpc) is 2.41. The van der Waals surface area contributed by atoms with Crippen molar-refractivity contribution in [2.75, 3.05) is 7.11 Å². The first-order chi connectivity index (χ1) is 8.77. The summed E-state index contributed by atoms with van der Waals surface area (Å²) in [7, 11) is 1.63. The Morgan fingerprint density at radius 1 is 1.17 bits per heavy atom. The van der Waals surface area contributed by atoms with E-state index in [0.717, 1.165) is 31.2 Å². The first-order valence-electron chi connectivity index (χ1n) is 6.54. The van der Waals surface area contributed by atoms with Crippen molar-refractivity contribution in [3.63, 3.8) is 0 Å². The van der Waals surface area contributed by atoms with Gasteiger partial charge in [-0.25, -0.2) is 0 Å². The summed E-state index contributed by atoms with van der Waals surface area (Å²) in [6.45, 7) is 2.15. The summed E-state index contributed by atoms with van der Waals surface area (Å²) in [6, 6.07) is 9.84. The maximum atomic E-state index is 9.74. The highest BCUT2D eigenvalue weighted by Gasteiger charge is 2.06. The molecule has 0 aliphatic carbocycles. The Bertz CT molecular complexity index is 375. The minimum atomic E-state index is -0.544. The maximum absolute atomic E-state index is 9.74. The van der Waals surface area contributed by atoms with E-state index in [4.69, 9.17) is 4.74 Å². The van der Waals surface area contributed by atoms with Crippen LogP contribution in [0, 0.1) is 11.8 Å². The van der Waals surface area contributed by atoms with Gasteiger partial charge in [0.2, 0.25) is 0 Å². The van der Waals surface area contributed by atoms with Gasteiger partial charge in [-0.1, -0.05) is 61.9 Å². The highest BCUT2D eigenvalue weighted by Crippen LogP contribution is 2.14. The summed E-state index contributed by atoms with van der Waals surface area (Å²) in [5, 5.41) is 9.74. The fourth-order valence-corrected chi connectivity index (χ4v) is 1.74. The van der Waals surface area contributed by atoms with E-state index in [-0.39, 0.29) is 6.10 Å². The molecule has 0 saturated heterocycles. The van der Waals surface area contributed by atoms with Crippen molar-refractivity contribution in [2.45, 2.75) is 44.8 Å². The minimum absolute atomic E-state index is 0.257. The van der Waals surface area contributed by atoms with Crippen molar-refractivity contribution in [2.24, 2.45) is 0 Å². The number of unbranched alkanes of at least 4 members (excludes halogenated alkanes) is 2.